The lowest BCUT2D eigenvalue weighted by molar-refractivity contribution is 0.568. The number of nitrogens with two attached hydrogens (primary N) is 1. The first-order valence-electron chi connectivity index (χ1n) is 10.1. The molecule has 1 aliphatic heterocycles. The largest absolute Gasteiger partial charge is 0.399 e. The van der Waals surface area contributed by atoms with Crippen LogP contribution >= 0.6 is 0 Å². The highest BCUT2D eigenvalue weighted by molar-refractivity contribution is 7.91. The van der Waals surface area contributed by atoms with Crippen LogP contribution in [0.2, 0.25) is 0 Å². The summed E-state index contributed by atoms with van der Waals surface area (Å²) in [5.74, 6) is 0.361. The maximum absolute atomic E-state index is 13.3. The Kier molecular flexibility index (Phi) is 4.79. The van der Waals surface area contributed by atoms with E-state index in [4.69, 9.17) is 5.73 Å². The summed E-state index contributed by atoms with van der Waals surface area (Å²) in [6, 6.07) is 23.7. The molecule has 160 valence electrons. The number of nitrogens with one attached hydrogen (secondary N) is 1. The molecule has 0 saturated carbocycles. The molecule has 0 fully saturated rings. The smallest absolute Gasteiger partial charge is 0.273 e. The maximum Gasteiger partial charge on any atom is 0.273 e. The zero-order valence-corrected chi connectivity index (χ0v) is 18.1. The van der Waals surface area contributed by atoms with Crippen LogP contribution in [0.15, 0.2) is 95.0 Å². The lowest BCUT2D eigenvalue weighted by atomic mass is 10.0. The van der Waals surface area contributed by atoms with Crippen LogP contribution in [-0.4, -0.2) is 23.2 Å². The predicted molar refractivity (Wildman–Crippen MR) is 124 cm³/mol. The second-order valence-electron chi connectivity index (χ2n) is 7.61. The van der Waals surface area contributed by atoms with Crippen LogP contribution < -0.4 is 11.1 Å². The topological polar surface area (TPSA) is 103 Å². The molecule has 1 atom stereocenters. The number of aromatic nitrogens is 3. The summed E-state index contributed by atoms with van der Waals surface area (Å²) < 4.78 is 28.2. The van der Waals surface area contributed by atoms with Crippen molar-refractivity contribution < 1.29 is 8.42 Å². The molecule has 2 heterocycles. The average molecular weight is 444 g/mol. The third kappa shape index (κ3) is 3.44. The Morgan fingerprint density at radius 3 is 2.34 bits per heavy atom. The third-order valence-corrected chi connectivity index (χ3v) is 7.12. The van der Waals surface area contributed by atoms with Crippen molar-refractivity contribution >= 4 is 27.2 Å². The number of nitrogens with zero attached hydrogens (tertiary/aromatic N) is 3. The van der Waals surface area contributed by atoms with Crippen LogP contribution in [-0.2, 0) is 9.84 Å². The molecule has 1 unspecified atom stereocenters. The Morgan fingerprint density at radius 2 is 1.62 bits per heavy atom. The number of nitrogen functional groups attached to an aromatic ring is 1. The first kappa shape index (κ1) is 20.0. The number of benzene rings is 3. The summed E-state index contributed by atoms with van der Waals surface area (Å²) in [7, 11) is -3.88. The molecule has 0 amide bonds. The molecule has 8 heteroatoms. The minimum Gasteiger partial charge on any atom is -0.399 e. The first-order chi connectivity index (χ1) is 15.4. The Hall–Kier alpha value is -3.91. The van der Waals surface area contributed by atoms with E-state index < -0.39 is 9.84 Å². The van der Waals surface area contributed by atoms with Gasteiger partial charge in [0, 0.05) is 11.4 Å². The van der Waals surface area contributed by atoms with E-state index in [-0.39, 0.29) is 16.1 Å². The van der Waals surface area contributed by atoms with Gasteiger partial charge in [-0.05, 0) is 47.9 Å². The lowest BCUT2D eigenvalue weighted by Gasteiger charge is -2.24. The van der Waals surface area contributed by atoms with Gasteiger partial charge in [-0.3, -0.25) is 0 Å². The van der Waals surface area contributed by atoms with Crippen LogP contribution in [0.3, 0.4) is 0 Å². The highest BCUT2D eigenvalue weighted by Gasteiger charge is 2.31. The van der Waals surface area contributed by atoms with Crippen LogP contribution in [0.25, 0.3) is 5.70 Å². The molecule has 0 saturated heterocycles. The van der Waals surface area contributed by atoms with E-state index in [9.17, 15) is 8.42 Å². The summed E-state index contributed by atoms with van der Waals surface area (Å²) in [5.41, 5.74) is 9.83. The Bertz CT molecular complexity index is 1430. The molecule has 3 aromatic carbocycles. The second kappa shape index (κ2) is 7.65. The van der Waals surface area contributed by atoms with Gasteiger partial charge in [0.2, 0.25) is 15.8 Å². The van der Waals surface area contributed by atoms with E-state index >= 15 is 0 Å². The van der Waals surface area contributed by atoms with Gasteiger partial charge in [0.15, 0.2) is 0 Å². The Morgan fingerprint density at radius 1 is 0.938 bits per heavy atom. The summed E-state index contributed by atoms with van der Waals surface area (Å²) in [6.07, 6.45) is 2.01. The predicted octanol–water partition coefficient (Wildman–Crippen LogP) is 4.06. The highest BCUT2D eigenvalue weighted by atomic mass is 32.2. The molecular weight excluding hydrogens is 422 g/mol. The van der Waals surface area contributed by atoms with Gasteiger partial charge in [-0.2, -0.15) is 4.98 Å². The van der Waals surface area contributed by atoms with Crippen LogP contribution in [0.4, 0.5) is 11.6 Å². The normalized spacial score (nSPS) is 15.5. The molecule has 3 N–H and O–H groups in total. The van der Waals surface area contributed by atoms with Gasteiger partial charge in [-0.15, -0.1) is 5.10 Å². The molecule has 32 heavy (non-hydrogen) atoms. The molecular formula is C24H21N5O2S. The first-order valence-corrected chi connectivity index (χ1v) is 11.6. The number of hydrogen-bond acceptors (Lipinski definition) is 6. The fourth-order valence-corrected chi connectivity index (χ4v) is 5.11. The number of sulfone groups is 1. The second-order valence-corrected chi connectivity index (χ2v) is 9.43. The number of aryl methyl sites for hydroxylation is 1. The van der Waals surface area contributed by atoms with E-state index in [2.05, 4.69) is 15.4 Å². The van der Waals surface area contributed by atoms with Crippen molar-refractivity contribution in [1.82, 2.24) is 14.8 Å². The summed E-state index contributed by atoms with van der Waals surface area (Å²) in [4.78, 5) is 4.60. The minimum atomic E-state index is -3.88. The van der Waals surface area contributed by atoms with Gasteiger partial charge in [-0.1, -0.05) is 60.7 Å². The standard InChI is InChI=1S/C24H21N5O2S/c1-16-7-5-6-10-22(16)32(30,31)24-27-23-26-20(17-11-13-19(25)14-12-17)15-21(29(23)28-24)18-8-3-2-4-9-18/h2-15,21H,25H2,1H3,(H,26,27,28). The van der Waals surface area contributed by atoms with Crippen molar-refractivity contribution in [2.75, 3.05) is 11.1 Å². The van der Waals surface area contributed by atoms with E-state index in [1.807, 2.05) is 60.7 Å². The Labute approximate surface area is 186 Å². The molecule has 1 aliphatic rings. The van der Waals surface area contributed by atoms with Crippen molar-refractivity contribution in [1.29, 1.82) is 0 Å². The van der Waals surface area contributed by atoms with Crippen LogP contribution in [0.5, 0.6) is 0 Å². The van der Waals surface area contributed by atoms with Crippen molar-refractivity contribution in [3.8, 4) is 0 Å². The molecule has 0 radical (unpaired) electrons. The number of fused-ring (bicyclic) bond motifs is 1. The minimum absolute atomic E-state index is 0.200. The summed E-state index contributed by atoms with van der Waals surface area (Å²) in [6.45, 7) is 1.76. The van der Waals surface area contributed by atoms with Crippen molar-refractivity contribution in [2.45, 2.75) is 23.0 Å². The van der Waals surface area contributed by atoms with Crippen molar-refractivity contribution in [3.63, 3.8) is 0 Å². The van der Waals surface area contributed by atoms with Crippen LogP contribution in [0.1, 0.15) is 22.7 Å². The van der Waals surface area contributed by atoms with E-state index in [0.717, 1.165) is 16.8 Å². The fraction of sp³-hybridized carbons (Fsp3) is 0.0833. The molecule has 7 nitrogen and oxygen atoms in total. The number of anilines is 2. The average Bonchev–Trinajstić information content (AvgIpc) is 3.25. The Balaban J connectivity index is 1.64. The fourth-order valence-electron chi connectivity index (χ4n) is 3.76. The molecule has 0 spiro atoms. The lowest BCUT2D eigenvalue weighted by Crippen LogP contribution is -2.20. The monoisotopic (exact) mass is 443 g/mol. The SMILES string of the molecule is Cc1ccccc1S(=O)(=O)c1nc2n(n1)C(c1ccccc1)C=C(c1ccc(N)cc1)N2. The molecule has 0 aliphatic carbocycles. The third-order valence-electron chi connectivity index (χ3n) is 5.43. The summed E-state index contributed by atoms with van der Waals surface area (Å²) >= 11 is 0. The van der Waals surface area contributed by atoms with Gasteiger partial charge in [-0.25, -0.2) is 13.1 Å². The number of allylic oxidation sites excluding steroid dienone is 1. The zero-order valence-electron chi connectivity index (χ0n) is 17.3. The van der Waals surface area contributed by atoms with Gasteiger partial charge in [0.05, 0.1) is 4.90 Å². The maximum atomic E-state index is 13.3. The zero-order chi connectivity index (χ0) is 22.3. The molecule has 5 rings (SSSR count). The van der Waals surface area contributed by atoms with E-state index in [1.165, 1.54) is 0 Å². The van der Waals surface area contributed by atoms with Gasteiger partial charge >= 0.3 is 0 Å². The molecule has 4 aromatic rings. The van der Waals surface area contributed by atoms with Crippen molar-refractivity contribution in [3.05, 3.63) is 102 Å². The van der Waals surface area contributed by atoms with Gasteiger partial charge < -0.3 is 11.1 Å². The quantitative estimate of drug-likeness (QED) is 0.461. The summed E-state index contributed by atoms with van der Waals surface area (Å²) in [5, 5.41) is 7.43. The molecule has 1 aromatic heterocycles. The van der Waals surface area contributed by atoms with Crippen LogP contribution in [0, 0.1) is 6.92 Å². The molecule has 0 bridgehead atoms. The number of rotatable bonds is 4. The van der Waals surface area contributed by atoms with Gasteiger partial charge in [0.25, 0.3) is 5.16 Å². The number of hydrogen-bond donors (Lipinski definition) is 2. The van der Waals surface area contributed by atoms with Crippen molar-refractivity contribution in [2.24, 2.45) is 0 Å². The van der Waals surface area contributed by atoms with E-state index in [1.54, 1.807) is 35.9 Å². The highest BCUT2D eigenvalue weighted by Crippen LogP contribution is 2.34. The van der Waals surface area contributed by atoms with Gasteiger partial charge in [0.1, 0.15) is 6.04 Å². The van der Waals surface area contributed by atoms with E-state index in [0.29, 0.717) is 17.2 Å².